The van der Waals surface area contributed by atoms with Gasteiger partial charge in [-0.05, 0) is 18.2 Å². The molecule has 0 aliphatic carbocycles. The number of pyridine rings is 1. The van der Waals surface area contributed by atoms with Gasteiger partial charge < -0.3 is 10.1 Å². The second-order valence-corrected chi connectivity index (χ2v) is 3.93. The van der Waals surface area contributed by atoms with Crippen molar-refractivity contribution < 1.29 is 9.53 Å². The monoisotopic (exact) mass is 299 g/mol. The Bertz CT molecular complexity index is 626. The maximum atomic E-state index is 9.09. The number of benzene rings is 1. The van der Waals surface area contributed by atoms with E-state index < -0.39 is 0 Å². The van der Waals surface area contributed by atoms with Gasteiger partial charge in [0, 0.05) is 30.6 Å². The molecule has 2 rings (SSSR count). The molecule has 0 spiro atoms. The Hall–Kier alpha value is -3.11. The lowest BCUT2D eigenvalue weighted by molar-refractivity contribution is -0.109. The van der Waals surface area contributed by atoms with E-state index >= 15 is 0 Å². The number of nitriles is 1. The molecule has 0 atom stereocenters. The maximum Gasteiger partial charge on any atom is 0.221 e. The third kappa shape index (κ3) is 5.11. The van der Waals surface area contributed by atoms with E-state index in [1.54, 1.807) is 23.8 Å². The number of aromatic nitrogens is 1. The molecule has 1 heterocycles. The molecule has 0 saturated heterocycles. The molecule has 7 nitrogen and oxygen atoms in total. The number of rotatable bonds is 5. The summed E-state index contributed by atoms with van der Waals surface area (Å²) in [4.78, 5) is 13.0. The van der Waals surface area contributed by atoms with Crippen LogP contribution in [0.5, 0.6) is 5.88 Å². The van der Waals surface area contributed by atoms with Gasteiger partial charge in [0.25, 0.3) is 0 Å². The molecule has 114 valence electrons. The summed E-state index contributed by atoms with van der Waals surface area (Å²) < 4.78 is 5.57. The topological polar surface area (TPSA) is 113 Å². The van der Waals surface area contributed by atoms with Crippen LogP contribution >= 0.6 is 0 Å². The molecule has 22 heavy (non-hydrogen) atoms. The largest absolute Gasteiger partial charge is 0.473 e. The van der Waals surface area contributed by atoms with Gasteiger partial charge in [0.15, 0.2) is 0 Å². The first-order valence-corrected chi connectivity index (χ1v) is 6.40. The van der Waals surface area contributed by atoms with Crippen LogP contribution in [-0.4, -0.2) is 18.4 Å². The molecule has 0 aliphatic heterocycles. The van der Waals surface area contributed by atoms with Gasteiger partial charge in [0.05, 0.1) is 11.6 Å². The summed E-state index contributed by atoms with van der Waals surface area (Å²) in [6.07, 6.45) is 2.07. The number of ether oxygens (including phenoxy) is 1. The van der Waals surface area contributed by atoms with E-state index in [-0.39, 0.29) is 0 Å². The van der Waals surface area contributed by atoms with Gasteiger partial charge in [0.2, 0.25) is 12.3 Å². The number of hydrogen-bond donors (Lipinski definition) is 3. The molecule has 7 heteroatoms. The summed E-state index contributed by atoms with van der Waals surface area (Å²) in [6.45, 7) is 0.316. The number of carbonyl (C=O) groups excluding carboxylic acids is 1. The van der Waals surface area contributed by atoms with Crippen LogP contribution in [0.4, 0.5) is 5.69 Å². The Morgan fingerprint density at radius 1 is 1.36 bits per heavy atom. The number of nitrogens with two attached hydrogens (primary N) is 1. The van der Waals surface area contributed by atoms with Crippen molar-refractivity contribution in [3.63, 3.8) is 0 Å². The fraction of sp³-hybridized carbons (Fsp3) is 0.133. The van der Waals surface area contributed by atoms with E-state index in [1.807, 2.05) is 31.3 Å². The minimum Gasteiger partial charge on any atom is -0.473 e. The summed E-state index contributed by atoms with van der Waals surface area (Å²) in [5.74, 6) is 4.96. The van der Waals surface area contributed by atoms with E-state index in [0.29, 0.717) is 24.5 Å². The number of hydrazine groups is 1. The Morgan fingerprint density at radius 2 is 2.14 bits per heavy atom. The average Bonchev–Trinajstić information content (AvgIpc) is 2.60. The van der Waals surface area contributed by atoms with Crippen molar-refractivity contribution in [1.29, 1.82) is 5.26 Å². The van der Waals surface area contributed by atoms with Crippen molar-refractivity contribution in [2.24, 2.45) is 5.84 Å². The highest BCUT2D eigenvalue weighted by Gasteiger charge is 2.08. The SMILES string of the molecule is CNc1cccc(C#N)c1COc1ccccn1.NNC=O. The van der Waals surface area contributed by atoms with Crippen LogP contribution in [0.3, 0.4) is 0 Å². The zero-order chi connectivity index (χ0) is 16.2. The van der Waals surface area contributed by atoms with Crippen LogP contribution < -0.4 is 21.3 Å². The lowest BCUT2D eigenvalue weighted by Crippen LogP contribution is -2.18. The Kier molecular flexibility index (Phi) is 7.50. The second-order valence-electron chi connectivity index (χ2n) is 3.93. The van der Waals surface area contributed by atoms with Gasteiger partial charge in [-0.15, -0.1) is 0 Å². The first-order valence-electron chi connectivity index (χ1n) is 6.40. The molecule has 0 fully saturated rings. The molecule has 2 aromatic rings. The summed E-state index contributed by atoms with van der Waals surface area (Å²) in [5.41, 5.74) is 4.09. The first-order chi connectivity index (χ1) is 10.8. The van der Waals surface area contributed by atoms with Crippen molar-refractivity contribution >= 4 is 12.1 Å². The quantitative estimate of drug-likeness (QED) is 0.331. The Balaban J connectivity index is 0.000000541. The summed E-state index contributed by atoms with van der Waals surface area (Å²) in [6, 6.07) is 13.2. The van der Waals surface area contributed by atoms with Gasteiger partial charge >= 0.3 is 0 Å². The molecule has 0 bridgehead atoms. The number of hydrogen-bond acceptors (Lipinski definition) is 6. The summed E-state index contributed by atoms with van der Waals surface area (Å²) >= 11 is 0. The lowest BCUT2D eigenvalue weighted by atomic mass is 10.1. The van der Waals surface area contributed by atoms with Crippen molar-refractivity contribution in [1.82, 2.24) is 10.4 Å². The summed E-state index contributed by atoms with van der Waals surface area (Å²) in [7, 11) is 1.82. The van der Waals surface area contributed by atoms with E-state index in [2.05, 4.69) is 22.2 Å². The van der Waals surface area contributed by atoms with Crippen LogP contribution in [0.25, 0.3) is 0 Å². The predicted octanol–water partition coefficient (Wildman–Crippen LogP) is 1.18. The third-order valence-corrected chi connectivity index (χ3v) is 2.64. The van der Waals surface area contributed by atoms with Gasteiger partial charge in [-0.25, -0.2) is 10.8 Å². The zero-order valence-corrected chi connectivity index (χ0v) is 12.1. The van der Waals surface area contributed by atoms with Crippen molar-refractivity contribution in [2.45, 2.75) is 6.61 Å². The predicted molar refractivity (Wildman–Crippen MR) is 82.7 cm³/mol. The fourth-order valence-electron chi connectivity index (χ4n) is 1.66. The fourth-order valence-corrected chi connectivity index (χ4v) is 1.66. The first kappa shape index (κ1) is 16.9. The van der Waals surface area contributed by atoms with Gasteiger partial charge in [0.1, 0.15) is 6.61 Å². The van der Waals surface area contributed by atoms with Crippen LogP contribution in [0.2, 0.25) is 0 Å². The van der Waals surface area contributed by atoms with Crippen LogP contribution in [0, 0.1) is 11.3 Å². The number of carbonyl (C=O) groups is 1. The number of anilines is 1. The number of nitrogens with zero attached hydrogens (tertiary/aromatic N) is 2. The smallest absolute Gasteiger partial charge is 0.221 e. The second kappa shape index (κ2) is 9.74. The molecule has 1 amide bonds. The Labute approximate surface area is 128 Å². The normalized spacial score (nSPS) is 8.77. The van der Waals surface area contributed by atoms with E-state index in [4.69, 9.17) is 14.8 Å². The van der Waals surface area contributed by atoms with Crippen molar-refractivity contribution in [3.8, 4) is 11.9 Å². The molecule has 0 saturated carbocycles. The zero-order valence-electron chi connectivity index (χ0n) is 12.1. The highest BCUT2D eigenvalue weighted by Crippen LogP contribution is 2.20. The minimum atomic E-state index is 0.316. The third-order valence-electron chi connectivity index (χ3n) is 2.64. The Morgan fingerprint density at radius 3 is 2.68 bits per heavy atom. The van der Waals surface area contributed by atoms with Gasteiger partial charge in [-0.1, -0.05) is 12.1 Å². The maximum absolute atomic E-state index is 9.09. The van der Waals surface area contributed by atoms with Crippen LogP contribution in [-0.2, 0) is 11.4 Å². The van der Waals surface area contributed by atoms with E-state index in [1.165, 1.54) is 0 Å². The molecule has 0 unspecified atom stereocenters. The molecule has 1 aromatic heterocycles. The lowest BCUT2D eigenvalue weighted by Gasteiger charge is -2.11. The molecular weight excluding hydrogens is 282 g/mol. The molecule has 1 aromatic carbocycles. The number of amides is 1. The molecule has 4 N–H and O–H groups in total. The van der Waals surface area contributed by atoms with Crippen LogP contribution in [0.15, 0.2) is 42.6 Å². The molecule has 0 radical (unpaired) electrons. The minimum absolute atomic E-state index is 0.316. The van der Waals surface area contributed by atoms with Gasteiger partial charge in [-0.3, -0.25) is 10.2 Å². The van der Waals surface area contributed by atoms with Crippen LogP contribution in [0.1, 0.15) is 11.1 Å². The van der Waals surface area contributed by atoms with Crippen molar-refractivity contribution in [2.75, 3.05) is 12.4 Å². The van der Waals surface area contributed by atoms with Crippen molar-refractivity contribution in [3.05, 3.63) is 53.7 Å². The molecular formula is C15H17N5O2. The van der Waals surface area contributed by atoms with E-state index in [0.717, 1.165) is 11.3 Å². The standard InChI is InChI=1S/C14H13N3O.CH4N2O/c1-16-13-6-4-5-11(9-15)12(13)10-18-14-7-2-3-8-17-14;2-3-1-4/h2-8,16H,10H2,1H3;1H,2H2,(H,3,4). The number of nitrogens with one attached hydrogen (secondary N) is 2. The molecule has 0 aliphatic rings. The van der Waals surface area contributed by atoms with Gasteiger partial charge in [-0.2, -0.15) is 5.26 Å². The highest BCUT2D eigenvalue weighted by atomic mass is 16.5. The summed E-state index contributed by atoms with van der Waals surface area (Å²) in [5, 5.41) is 12.1. The highest BCUT2D eigenvalue weighted by molar-refractivity contribution is 5.57. The van der Waals surface area contributed by atoms with E-state index in [9.17, 15) is 0 Å². The average molecular weight is 299 g/mol.